The molecular weight excluding hydrogens is 336 g/mol. The van der Waals surface area contributed by atoms with Crippen molar-refractivity contribution in [3.05, 3.63) is 70.7 Å². The van der Waals surface area contributed by atoms with Gasteiger partial charge in [-0.05, 0) is 36.8 Å². The maximum Gasteiger partial charge on any atom is 0.251 e. The zero-order chi connectivity index (χ0) is 18.4. The maximum absolute atomic E-state index is 12.3. The van der Waals surface area contributed by atoms with E-state index in [-0.39, 0.29) is 17.2 Å². The predicted octanol–water partition coefficient (Wildman–Crippen LogP) is 3.55. The van der Waals surface area contributed by atoms with E-state index in [0.717, 1.165) is 5.56 Å². The Hall–Kier alpha value is -2.33. The van der Waals surface area contributed by atoms with E-state index in [4.69, 9.17) is 11.6 Å². The third kappa shape index (κ3) is 5.33. The van der Waals surface area contributed by atoms with Crippen molar-refractivity contribution in [1.29, 1.82) is 0 Å². The first-order chi connectivity index (χ1) is 11.8. The highest BCUT2D eigenvalue weighted by Crippen LogP contribution is 2.24. The van der Waals surface area contributed by atoms with Crippen LogP contribution < -0.4 is 10.6 Å². The fraction of sp³-hybridized carbons (Fsp3) is 0.300. The van der Waals surface area contributed by atoms with Crippen molar-refractivity contribution in [2.75, 3.05) is 6.54 Å². The van der Waals surface area contributed by atoms with Crippen LogP contribution in [0.1, 0.15) is 36.7 Å². The minimum absolute atomic E-state index is 0.223. The first-order valence-electron chi connectivity index (χ1n) is 8.19. The Balaban J connectivity index is 1.91. The molecule has 2 aromatic carbocycles. The first kappa shape index (κ1) is 19.0. The number of hydrogen-bond acceptors (Lipinski definition) is 2. The lowest BCUT2D eigenvalue weighted by molar-refractivity contribution is -0.122. The largest absolute Gasteiger partial charge is 0.353 e. The number of nitrogens with one attached hydrogen (secondary N) is 2. The second kappa shape index (κ2) is 8.17. The number of carbonyl (C=O) groups excluding carboxylic acids is 2. The minimum atomic E-state index is -0.622. The molecule has 25 heavy (non-hydrogen) atoms. The molecule has 4 nitrogen and oxygen atoms in total. The van der Waals surface area contributed by atoms with Gasteiger partial charge in [-0.25, -0.2) is 0 Å². The van der Waals surface area contributed by atoms with E-state index >= 15 is 0 Å². The van der Waals surface area contributed by atoms with Gasteiger partial charge in [0.2, 0.25) is 5.91 Å². The van der Waals surface area contributed by atoms with Crippen LogP contribution in [0, 0.1) is 0 Å². The molecule has 0 spiro atoms. The summed E-state index contributed by atoms with van der Waals surface area (Å²) in [6.07, 6.45) is 0. The molecule has 0 aliphatic rings. The topological polar surface area (TPSA) is 58.2 Å². The van der Waals surface area contributed by atoms with E-state index in [1.165, 1.54) is 0 Å². The molecule has 0 saturated heterocycles. The van der Waals surface area contributed by atoms with Gasteiger partial charge < -0.3 is 10.6 Å². The molecule has 2 rings (SSSR count). The molecule has 2 aromatic rings. The van der Waals surface area contributed by atoms with Gasteiger partial charge in [-0.15, -0.1) is 0 Å². The summed E-state index contributed by atoms with van der Waals surface area (Å²) < 4.78 is 0. The summed E-state index contributed by atoms with van der Waals surface area (Å²) in [4.78, 5) is 24.4. The van der Waals surface area contributed by atoms with Gasteiger partial charge in [-0.1, -0.05) is 55.8 Å². The highest BCUT2D eigenvalue weighted by Gasteiger charge is 2.23. The number of benzene rings is 2. The molecule has 2 N–H and O–H groups in total. The Labute approximate surface area is 153 Å². The monoisotopic (exact) mass is 358 g/mol. The summed E-state index contributed by atoms with van der Waals surface area (Å²) in [6.45, 7) is 6.18. The molecule has 0 aliphatic carbocycles. The van der Waals surface area contributed by atoms with Crippen LogP contribution in [0.2, 0.25) is 5.02 Å². The highest BCUT2D eigenvalue weighted by molar-refractivity contribution is 6.30. The zero-order valence-electron chi connectivity index (χ0n) is 14.7. The van der Waals surface area contributed by atoms with Gasteiger partial charge in [0.1, 0.15) is 6.04 Å². The number of hydrogen-bond donors (Lipinski definition) is 2. The number of amides is 2. The molecular formula is C20H23ClN2O2. The minimum Gasteiger partial charge on any atom is -0.353 e. The molecule has 132 valence electrons. The molecule has 0 bridgehead atoms. The van der Waals surface area contributed by atoms with Crippen LogP contribution >= 0.6 is 11.6 Å². The lowest BCUT2D eigenvalue weighted by Gasteiger charge is -2.27. The molecule has 0 aromatic heterocycles. The summed E-state index contributed by atoms with van der Waals surface area (Å²) >= 11 is 6.04. The van der Waals surface area contributed by atoms with E-state index in [9.17, 15) is 9.59 Å². The van der Waals surface area contributed by atoms with Crippen LogP contribution in [0.15, 0.2) is 54.6 Å². The van der Waals surface area contributed by atoms with Crippen LogP contribution in [0.4, 0.5) is 0 Å². The van der Waals surface area contributed by atoms with Gasteiger partial charge in [-0.2, -0.15) is 0 Å². The summed E-state index contributed by atoms with van der Waals surface area (Å²) in [5.41, 5.74) is 1.30. The SMILES string of the molecule is CC(NC(=O)c1ccccc1)C(=O)NCC(C)(C)c1cccc(Cl)c1. The summed E-state index contributed by atoms with van der Waals surface area (Å²) in [7, 11) is 0. The van der Waals surface area contributed by atoms with Gasteiger partial charge >= 0.3 is 0 Å². The van der Waals surface area contributed by atoms with Crippen molar-refractivity contribution >= 4 is 23.4 Å². The van der Waals surface area contributed by atoms with Crippen molar-refractivity contribution in [3.8, 4) is 0 Å². The van der Waals surface area contributed by atoms with Gasteiger partial charge in [0, 0.05) is 22.5 Å². The number of carbonyl (C=O) groups is 2. The molecule has 1 atom stereocenters. The van der Waals surface area contributed by atoms with E-state index < -0.39 is 6.04 Å². The third-order valence-electron chi connectivity index (χ3n) is 4.09. The third-order valence-corrected chi connectivity index (χ3v) is 4.32. The fourth-order valence-corrected chi connectivity index (χ4v) is 2.60. The van der Waals surface area contributed by atoms with Crippen LogP contribution in [-0.4, -0.2) is 24.4 Å². The molecule has 0 fully saturated rings. The summed E-state index contributed by atoms with van der Waals surface area (Å²) in [5, 5.41) is 6.28. The van der Waals surface area contributed by atoms with E-state index in [2.05, 4.69) is 10.6 Å². The zero-order valence-corrected chi connectivity index (χ0v) is 15.4. The average molecular weight is 359 g/mol. The number of halogens is 1. The lowest BCUT2D eigenvalue weighted by atomic mass is 9.84. The Bertz CT molecular complexity index is 744. The Morgan fingerprint density at radius 3 is 2.40 bits per heavy atom. The average Bonchev–Trinajstić information content (AvgIpc) is 2.60. The fourth-order valence-electron chi connectivity index (χ4n) is 2.41. The smallest absolute Gasteiger partial charge is 0.251 e. The quantitative estimate of drug-likeness (QED) is 0.829. The lowest BCUT2D eigenvalue weighted by Crippen LogP contribution is -2.47. The van der Waals surface area contributed by atoms with Crippen LogP contribution in [0.5, 0.6) is 0 Å². The van der Waals surface area contributed by atoms with E-state index in [1.54, 1.807) is 31.2 Å². The molecule has 2 amide bonds. The van der Waals surface area contributed by atoms with Crippen molar-refractivity contribution in [2.45, 2.75) is 32.2 Å². The molecule has 1 unspecified atom stereocenters. The van der Waals surface area contributed by atoms with Crippen molar-refractivity contribution in [3.63, 3.8) is 0 Å². The predicted molar refractivity (Wildman–Crippen MR) is 101 cm³/mol. The van der Waals surface area contributed by atoms with Gasteiger partial charge in [0.15, 0.2) is 0 Å². The molecule has 5 heteroatoms. The second-order valence-corrected chi connectivity index (χ2v) is 7.11. The van der Waals surface area contributed by atoms with Crippen molar-refractivity contribution in [1.82, 2.24) is 10.6 Å². The summed E-state index contributed by atoms with van der Waals surface area (Å²) in [5.74, 6) is -0.489. The van der Waals surface area contributed by atoms with Crippen LogP contribution in [0.25, 0.3) is 0 Å². The standard InChI is InChI=1S/C20H23ClN2O2/c1-14(23-19(25)15-8-5-4-6-9-15)18(24)22-13-20(2,3)16-10-7-11-17(21)12-16/h4-12,14H,13H2,1-3H3,(H,22,24)(H,23,25). The Kier molecular flexibility index (Phi) is 6.21. The van der Waals surface area contributed by atoms with Gasteiger partial charge in [0.25, 0.3) is 5.91 Å². The number of rotatable bonds is 6. The van der Waals surface area contributed by atoms with Crippen molar-refractivity contribution in [2.24, 2.45) is 0 Å². The van der Waals surface area contributed by atoms with Gasteiger partial charge in [-0.3, -0.25) is 9.59 Å². The van der Waals surface area contributed by atoms with Gasteiger partial charge in [0.05, 0.1) is 0 Å². The normalized spacial score (nSPS) is 12.3. The summed E-state index contributed by atoms with van der Waals surface area (Å²) in [6, 6.07) is 15.8. The van der Waals surface area contributed by atoms with E-state index in [1.807, 2.05) is 44.2 Å². The second-order valence-electron chi connectivity index (χ2n) is 6.67. The highest BCUT2D eigenvalue weighted by atomic mass is 35.5. The molecule has 0 radical (unpaired) electrons. The van der Waals surface area contributed by atoms with Crippen LogP contribution in [-0.2, 0) is 10.2 Å². The van der Waals surface area contributed by atoms with Crippen LogP contribution in [0.3, 0.4) is 0 Å². The molecule has 0 aliphatic heterocycles. The molecule has 0 saturated carbocycles. The van der Waals surface area contributed by atoms with E-state index in [0.29, 0.717) is 17.1 Å². The van der Waals surface area contributed by atoms with Crippen molar-refractivity contribution < 1.29 is 9.59 Å². The maximum atomic E-state index is 12.3. The Morgan fingerprint density at radius 2 is 1.76 bits per heavy atom. The first-order valence-corrected chi connectivity index (χ1v) is 8.57. The Morgan fingerprint density at radius 1 is 1.08 bits per heavy atom. The molecule has 0 heterocycles.